The van der Waals surface area contributed by atoms with Gasteiger partial charge >= 0.3 is 0 Å². The Morgan fingerprint density at radius 1 is 1.43 bits per heavy atom. The van der Waals surface area contributed by atoms with Gasteiger partial charge in [-0.15, -0.1) is 0 Å². The molecule has 0 aliphatic carbocycles. The van der Waals surface area contributed by atoms with Crippen LogP contribution in [0.1, 0.15) is 32.8 Å². The van der Waals surface area contributed by atoms with Gasteiger partial charge in [-0.25, -0.2) is 0 Å². The SMILES string of the molecule is CCC1CN(c2ccc(CNCC(C)C)cc2Br)CCS1. The first-order valence-corrected chi connectivity index (χ1v) is 9.80. The topological polar surface area (TPSA) is 15.3 Å². The Kier molecular flexibility index (Phi) is 6.90. The highest BCUT2D eigenvalue weighted by Gasteiger charge is 2.20. The molecule has 1 aliphatic heterocycles. The molecule has 0 radical (unpaired) electrons. The largest absolute Gasteiger partial charge is 0.369 e. The average molecular weight is 371 g/mol. The van der Waals surface area contributed by atoms with Crippen molar-refractivity contribution in [1.82, 2.24) is 5.32 Å². The molecule has 1 fully saturated rings. The Bertz CT molecular complexity index is 450. The molecule has 0 aromatic heterocycles. The van der Waals surface area contributed by atoms with Gasteiger partial charge in [-0.1, -0.05) is 26.8 Å². The number of rotatable bonds is 6. The van der Waals surface area contributed by atoms with Gasteiger partial charge in [-0.3, -0.25) is 0 Å². The predicted octanol–water partition coefficient (Wildman–Crippen LogP) is 4.53. The number of nitrogens with zero attached hydrogens (tertiary/aromatic N) is 1. The maximum atomic E-state index is 3.77. The van der Waals surface area contributed by atoms with Crippen molar-refractivity contribution in [2.45, 2.75) is 39.0 Å². The summed E-state index contributed by atoms with van der Waals surface area (Å²) in [5.41, 5.74) is 2.70. The van der Waals surface area contributed by atoms with Crippen LogP contribution in [0.4, 0.5) is 5.69 Å². The molecule has 1 aliphatic rings. The van der Waals surface area contributed by atoms with E-state index in [4.69, 9.17) is 0 Å². The number of anilines is 1. The molecule has 4 heteroatoms. The Balaban J connectivity index is 1.98. The molecule has 1 aromatic carbocycles. The van der Waals surface area contributed by atoms with Crippen molar-refractivity contribution in [3.05, 3.63) is 28.2 Å². The van der Waals surface area contributed by atoms with E-state index in [-0.39, 0.29) is 0 Å². The molecule has 0 spiro atoms. The van der Waals surface area contributed by atoms with Crippen molar-refractivity contribution in [2.24, 2.45) is 5.92 Å². The Morgan fingerprint density at radius 2 is 2.24 bits per heavy atom. The third-order valence-corrected chi connectivity index (χ3v) is 5.84. The maximum absolute atomic E-state index is 3.77. The second-order valence-corrected chi connectivity index (χ2v) is 8.42. The van der Waals surface area contributed by atoms with Crippen molar-refractivity contribution >= 4 is 33.4 Å². The summed E-state index contributed by atoms with van der Waals surface area (Å²) >= 11 is 5.89. The molecule has 1 atom stereocenters. The number of thioether (sulfide) groups is 1. The third kappa shape index (κ3) is 5.19. The zero-order valence-electron chi connectivity index (χ0n) is 13.4. The lowest BCUT2D eigenvalue weighted by molar-refractivity contribution is 0.552. The summed E-state index contributed by atoms with van der Waals surface area (Å²) in [6.07, 6.45) is 1.26. The van der Waals surface area contributed by atoms with E-state index in [1.54, 1.807) is 0 Å². The van der Waals surface area contributed by atoms with Crippen LogP contribution in [-0.4, -0.2) is 30.6 Å². The first kappa shape index (κ1) is 17.2. The molecule has 1 N–H and O–H groups in total. The van der Waals surface area contributed by atoms with Gasteiger partial charge in [0, 0.05) is 35.1 Å². The van der Waals surface area contributed by atoms with Crippen LogP contribution in [0.15, 0.2) is 22.7 Å². The van der Waals surface area contributed by atoms with Crippen LogP contribution in [0.25, 0.3) is 0 Å². The predicted molar refractivity (Wildman–Crippen MR) is 99.4 cm³/mol. The lowest BCUT2D eigenvalue weighted by atomic mass is 10.1. The maximum Gasteiger partial charge on any atom is 0.0511 e. The fourth-order valence-corrected chi connectivity index (χ4v) is 4.46. The highest BCUT2D eigenvalue weighted by molar-refractivity contribution is 9.10. The van der Waals surface area contributed by atoms with Crippen LogP contribution in [0.3, 0.4) is 0 Å². The molecule has 2 rings (SSSR count). The number of hydrogen-bond donors (Lipinski definition) is 1. The second-order valence-electron chi connectivity index (χ2n) is 6.16. The quantitative estimate of drug-likeness (QED) is 0.791. The van der Waals surface area contributed by atoms with Crippen LogP contribution in [0.2, 0.25) is 0 Å². The highest BCUT2D eigenvalue weighted by atomic mass is 79.9. The lowest BCUT2D eigenvalue weighted by Crippen LogP contribution is -2.37. The Labute approximate surface area is 142 Å². The number of hydrogen-bond acceptors (Lipinski definition) is 3. The molecule has 118 valence electrons. The first-order valence-electron chi connectivity index (χ1n) is 7.95. The fourth-order valence-electron chi connectivity index (χ4n) is 2.61. The van der Waals surface area contributed by atoms with E-state index in [0.29, 0.717) is 5.92 Å². The molecular formula is C17H27BrN2S. The van der Waals surface area contributed by atoms with Crippen molar-refractivity contribution in [3.63, 3.8) is 0 Å². The summed E-state index contributed by atoms with van der Waals surface area (Å²) < 4.78 is 1.23. The molecule has 1 aromatic rings. The van der Waals surface area contributed by atoms with Crippen LogP contribution in [-0.2, 0) is 6.54 Å². The Morgan fingerprint density at radius 3 is 2.90 bits per heavy atom. The molecular weight excluding hydrogens is 344 g/mol. The zero-order valence-corrected chi connectivity index (χ0v) is 15.8. The van der Waals surface area contributed by atoms with Gasteiger partial charge in [0.15, 0.2) is 0 Å². The van der Waals surface area contributed by atoms with Gasteiger partial charge in [-0.05, 0) is 52.5 Å². The monoisotopic (exact) mass is 370 g/mol. The molecule has 1 saturated heterocycles. The van der Waals surface area contributed by atoms with E-state index < -0.39 is 0 Å². The second kappa shape index (κ2) is 8.44. The van der Waals surface area contributed by atoms with Crippen LogP contribution >= 0.6 is 27.7 Å². The van der Waals surface area contributed by atoms with E-state index in [9.17, 15) is 0 Å². The lowest BCUT2D eigenvalue weighted by Gasteiger charge is -2.34. The van der Waals surface area contributed by atoms with Gasteiger partial charge < -0.3 is 10.2 Å². The van der Waals surface area contributed by atoms with Gasteiger partial charge in [0.25, 0.3) is 0 Å². The summed E-state index contributed by atoms with van der Waals surface area (Å²) in [6, 6.07) is 6.81. The normalized spacial score (nSPS) is 19.3. The van der Waals surface area contributed by atoms with Gasteiger partial charge in [0.1, 0.15) is 0 Å². The van der Waals surface area contributed by atoms with Gasteiger partial charge in [-0.2, -0.15) is 11.8 Å². The van der Waals surface area contributed by atoms with Crippen LogP contribution in [0, 0.1) is 5.92 Å². The van der Waals surface area contributed by atoms with Crippen molar-refractivity contribution < 1.29 is 0 Å². The molecule has 1 unspecified atom stereocenters. The summed E-state index contributed by atoms with van der Waals surface area (Å²) in [5.74, 6) is 1.94. The number of nitrogens with one attached hydrogen (secondary N) is 1. The number of halogens is 1. The van der Waals surface area contributed by atoms with Crippen LogP contribution < -0.4 is 10.2 Å². The van der Waals surface area contributed by atoms with E-state index in [0.717, 1.165) is 24.9 Å². The van der Waals surface area contributed by atoms with Crippen molar-refractivity contribution in [3.8, 4) is 0 Å². The van der Waals surface area contributed by atoms with E-state index >= 15 is 0 Å². The molecule has 0 bridgehead atoms. The number of benzene rings is 1. The highest BCUT2D eigenvalue weighted by Crippen LogP contribution is 2.31. The average Bonchev–Trinajstić information content (AvgIpc) is 2.47. The fraction of sp³-hybridized carbons (Fsp3) is 0.647. The van der Waals surface area contributed by atoms with Crippen molar-refractivity contribution in [1.29, 1.82) is 0 Å². The smallest absolute Gasteiger partial charge is 0.0511 e. The minimum Gasteiger partial charge on any atom is -0.369 e. The molecule has 0 saturated carbocycles. The van der Waals surface area contributed by atoms with E-state index in [1.165, 1.54) is 34.4 Å². The minimum atomic E-state index is 0.699. The first-order chi connectivity index (χ1) is 10.1. The van der Waals surface area contributed by atoms with Gasteiger partial charge in [0.2, 0.25) is 0 Å². The van der Waals surface area contributed by atoms with Gasteiger partial charge in [0.05, 0.1) is 5.69 Å². The van der Waals surface area contributed by atoms with E-state index in [1.807, 2.05) is 0 Å². The summed E-state index contributed by atoms with van der Waals surface area (Å²) in [6.45, 7) is 11.1. The van der Waals surface area contributed by atoms with E-state index in [2.05, 4.69) is 76.9 Å². The zero-order chi connectivity index (χ0) is 15.2. The minimum absolute atomic E-state index is 0.699. The molecule has 1 heterocycles. The summed E-state index contributed by atoms with van der Waals surface area (Å²) in [7, 11) is 0. The molecule has 0 amide bonds. The molecule has 21 heavy (non-hydrogen) atoms. The third-order valence-electron chi connectivity index (χ3n) is 3.83. The summed E-state index contributed by atoms with van der Waals surface area (Å²) in [5, 5.41) is 4.28. The van der Waals surface area contributed by atoms with Crippen LogP contribution in [0.5, 0.6) is 0 Å². The Hall–Kier alpha value is -0.190. The summed E-state index contributed by atoms with van der Waals surface area (Å²) in [4.78, 5) is 2.53. The standard InChI is InChI=1S/C17H27BrN2S/c1-4-15-12-20(7-8-21-15)17-6-5-14(9-16(17)18)11-19-10-13(2)3/h5-6,9,13,15,19H,4,7-8,10-12H2,1-3H3. The molecule has 2 nitrogen and oxygen atoms in total. The van der Waals surface area contributed by atoms with Crippen molar-refractivity contribution in [2.75, 3.05) is 30.3 Å².